The number of rotatable bonds is 4. The van der Waals surface area contributed by atoms with Gasteiger partial charge >= 0.3 is 5.97 Å². The Kier molecular flexibility index (Phi) is 3.71. The lowest BCUT2D eigenvalue weighted by Crippen LogP contribution is -2.46. The molecular formula is C14H16ClNO4S. The van der Waals surface area contributed by atoms with Gasteiger partial charge in [-0.1, -0.05) is 11.6 Å². The van der Waals surface area contributed by atoms with E-state index in [9.17, 15) is 18.3 Å². The molecule has 2 aliphatic carbocycles. The van der Waals surface area contributed by atoms with Crippen LogP contribution in [-0.2, 0) is 14.8 Å². The van der Waals surface area contributed by atoms with Gasteiger partial charge in [-0.2, -0.15) is 0 Å². The summed E-state index contributed by atoms with van der Waals surface area (Å²) in [7, 11) is -3.72. The Morgan fingerprint density at radius 1 is 1.19 bits per heavy atom. The molecule has 1 aromatic carbocycles. The molecule has 2 N–H and O–H groups in total. The predicted octanol–water partition coefficient (Wildman–Crippen LogP) is 2.12. The van der Waals surface area contributed by atoms with E-state index in [1.165, 1.54) is 24.3 Å². The number of hydrogen-bond donors (Lipinski definition) is 2. The SMILES string of the molecule is O=C(O)C1C2CCC(C2)C1NS(=O)(=O)c1ccc(Cl)cc1. The maximum Gasteiger partial charge on any atom is 0.308 e. The zero-order valence-electron chi connectivity index (χ0n) is 11.2. The summed E-state index contributed by atoms with van der Waals surface area (Å²) in [5, 5.41) is 9.81. The number of sulfonamides is 1. The van der Waals surface area contributed by atoms with Crippen molar-refractivity contribution in [1.29, 1.82) is 0 Å². The number of carboxylic acids is 1. The average molecular weight is 330 g/mol. The van der Waals surface area contributed by atoms with Gasteiger partial charge in [-0.05, 0) is 55.4 Å². The number of carboxylic acid groups (broad SMARTS) is 1. The van der Waals surface area contributed by atoms with Crippen molar-refractivity contribution in [3.8, 4) is 0 Å². The first-order valence-corrected chi connectivity index (χ1v) is 8.75. The highest BCUT2D eigenvalue weighted by atomic mass is 35.5. The molecule has 5 nitrogen and oxygen atoms in total. The molecule has 0 aromatic heterocycles. The van der Waals surface area contributed by atoms with E-state index in [1.807, 2.05) is 0 Å². The minimum absolute atomic E-state index is 0.0883. The molecule has 0 radical (unpaired) electrons. The Morgan fingerprint density at radius 3 is 2.43 bits per heavy atom. The summed E-state index contributed by atoms with van der Waals surface area (Å²) in [6.07, 6.45) is 2.56. The molecule has 0 spiro atoms. The Balaban J connectivity index is 1.85. The molecule has 114 valence electrons. The highest BCUT2D eigenvalue weighted by Crippen LogP contribution is 2.48. The normalized spacial score (nSPS) is 31.5. The molecule has 2 bridgehead atoms. The highest BCUT2D eigenvalue weighted by molar-refractivity contribution is 7.89. The van der Waals surface area contributed by atoms with Crippen LogP contribution in [0.1, 0.15) is 19.3 Å². The van der Waals surface area contributed by atoms with Crippen molar-refractivity contribution in [1.82, 2.24) is 4.72 Å². The van der Waals surface area contributed by atoms with E-state index in [-0.39, 0.29) is 16.7 Å². The van der Waals surface area contributed by atoms with Crippen LogP contribution in [-0.4, -0.2) is 25.5 Å². The zero-order chi connectivity index (χ0) is 15.2. The summed E-state index contributed by atoms with van der Waals surface area (Å²) in [5.74, 6) is -1.32. The van der Waals surface area contributed by atoms with E-state index in [1.54, 1.807) is 0 Å². The van der Waals surface area contributed by atoms with Crippen molar-refractivity contribution in [2.45, 2.75) is 30.2 Å². The van der Waals surface area contributed by atoms with Crippen molar-refractivity contribution in [2.24, 2.45) is 17.8 Å². The molecule has 0 saturated heterocycles. The fourth-order valence-electron chi connectivity index (χ4n) is 3.68. The monoisotopic (exact) mass is 329 g/mol. The molecule has 2 saturated carbocycles. The van der Waals surface area contributed by atoms with Crippen LogP contribution in [0.2, 0.25) is 5.02 Å². The van der Waals surface area contributed by atoms with Gasteiger partial charge in [-0.25, -0.2) is 13.1 Å². The van der Waals surface area contributed by atoms with E-state index < -0.39 is 28.0 Å². The van der Waals surface area contributed by atoms with Gasteiger partial charge in [-0.3, -0.25) is 4.79 Å². The third-order valence-electron chi connectivity index (χ3n) is 4.62. The fourth-order valence-corrected chi connectivity index (χ4v) is 5.13. The zero-order valence-corrected chi connectivity index (χ0v) is 12.8. The summed E-state index contributed by atoms with van der Waals surface area (Å²) in [5.41, 5.74) is 0. The average Bonchev–Trinajstić information content (AvgIpc) is 2.99. The van der Waals surface area contributed by atoms with Crippen LogP contribution in [0.4, 0.5) is 0 Å². The van der Waals surface area contributed by atoms with Crippen LogP contribution in [0.25, 0.3) is 0 Å². The van der Waals surface area contributed by atoms with E-state index in [4.69, 9.17) is 11.6 Å². The molecular weight excluding hydrogens is 314 g/mol. The quantitative estimate of drug-likeness (QED) is 0.886. The largest absolute Gasteiger partial charge is 0.481 e. The van der Waals surface area contributed by atoms with Gasteiger partial charge in [0.15, 0.2) is 0 Å². The van der Waals surface area contributed by atoms with Crippen molar-refractivity contribution >= 4 is 27.6 Å². The number of nitrogens with one attached hydrogen (secondary N) is 1. The Labute approximate surface area is 128 Å². The first-order chi connectivity index (χ1) is 9.88. The molecule has 2 fully saturated rings. The fraction of sp³-hybridized carbons (Fsp3) is 0.500. The Hall–Kier alpha value is -1.11. The standard InChI is InChI=1S/C14H16ClNO4S/c15-10-3-5-11(6-4-10)21(19,20)16-13-9-2-1-8(7-9)12(13)14(17)18/h3-6,8-9,12-13,16H,1-2,7H2,(H,17,18). The van der Waals surface area contributed by atoms with E-state index in [2.05, 4.69) is 4.72 Å². The molecule has 3 rings (SSSR count). The van der Waals surface area contributed by atoms with Crippen LogP contribution >= 0.6 is 11.6 Å². The van der Waals surface area contributed by atoms with E-state index >= 15 is 0 Å². The first kappa shape index (κ1) is 14.8. The van der Waals surface area contributed by atoms with Gasteiger partial charge in [-0.15, -0.1) is 0 Å². The minimum atomic E-state index is -3.72. The molecule has 0 amide bonds. The second-order valence-electron chi connectivity index (χ2n) is 5.80. The summed E-state index contributed by atoms with van der Waals surface area (Å²) in [6, 6.07) is 5.35. The second kappa shape index (κ2) is 5.26. The van der Waals surface area contributed by atoms with Crippen molar-refractivity contribution in [3.63, 3.8) is 0 Å². The summed E-state index contributed by atoms with van der Waals surface area (Å²) in [6.45, 7) is 0. The van der Waals surface area contributed by atoms with Gasteiger partial charge < -0.3 is 5.11 Å². The summed E-state index contributed by atoms with van der Waals surface area (Å²) in [4.78, 5) is 11.5. The number of benzene rings is 1. The molecule has 2 aliphatic rings. The Bertz CT molecular complexity index is 658. The number of fused-ring (bicyclic) bond motifs is 2. The van der Waals surface area contributed by atoms with Gasteiger partial charge in [0.2, 0.25) is 10.0 Å². The van der Waals surface area contributed by atoms with Crippen LogP contribution in [0.5, 0.6) is 0 Å². The van der Waals surface area contributed by atoms with E-state index in [0.717, 1.165) is 19.3 Å². The second-order valence-corrected chi connectivity index (χ2v) is 7.95. The molecule has 0 heterocycles. The molecule has 7 heteroatoms. The van der Waals surface area contributed by atoms with Crippen molar-refractivity contribution < 1.29 is 18.3 Å². The van der Waals surface area contributed by atoms with E-state index in [0.29, 0.717) is 5.02 Å². The predicted molar refractivity (Wildman–Crippen MR) is 77.5 cm³/mol. The van der Waals surface area contributed by atoms with Crippen LogP contribution in [0, 0.1) is 17.8 Å². The lowest BCUT2D eigenvalue weighted by molar-refractivity contribution is -0.144. The smallest absolute Gasteiger partial charge is 0.308 e. The summed E-state index contributed by atoms with van der Waals surface area (Å²) >= 11 is 5.76. The third kappa shape index (κ3) is 2.67. The summed E-state index contributed by atoms with van der Waals surface area (Å²) < 4.78 is 27.4. The van der Waals surface area contributed by atoms with Crippen LogP contribution < -0.4 is 4.72 Å². The third-order valence-corrected chi connectivity index (χ3v) is 6.34. The lowest BCUT2D eigenvalue weighted by Gasteiger charge is -2.28. The van der Waals surface area contributed by atoms with Crippen molar-refractivity contribution in [2.75, 3.05) is 0 Å². The molecule has 4 atom stereocenters. The lowest BCUT2D eigenvalue weighted by atomic mass is 9.85. The number of halogens is 1. The van der Waals surface area contributed by atoms with Crippen LogP contribution in [0.3, 0.4) is 0 Å². The topological polar surface area (TPSA) is 83.5 Å². The maximum atomic E-state index is 12.4. The first-order valence-electron chi connectivity index (χ1n) is 6.89. The number of carbonyl (C=O) groups is 1. The molecule has 0 aliphatic heterocycles. The van der Waals surface area contributed by atoms with Gasteiger partial charge in [0.1, 0.15) is 0 Å². The van der Waals surface area contributed by atoms with Crippen molar-refractivity contribution in [3.05, 3.63) is 29.3 Å². The number of hydrogen-bond acceptors (Lipinski definition) is 3. The molecule has 21 heavy (non-hydrogen) atoms. The van der Waals surface area contributed by atoms with Crippen LogP contribution in [0.15, 0.2) is 29.2 Å². The maximum absolute atomic E-state index is 12.4. The van der Waals surface area contributed by atoms with Gasteiger partial charge in [0.05, 0.1) is 10.8 Å². The highest BCUT2D eigenvalue weighted by Gasteiger charge is 2.52. The molecule has 4 unspecified atom stereocenters. The van der Waals surface area contributed by atoms with Gasteiger partial charge in [0.25, 0.3) is 0 Å². The minimum Gasteiger partial charge on any atom is -0.481 e. The Morgan fingerprint density at radius 2 is 1.81 bits per heavy atom. The molecule has 1 aromatic rings. The number of aliphatic carboxylic acids is 1. The van der Waals surface area contributed by atoms with Gasteiger partial charge in [0, 0.05) is 11.1 Å².